The number of halogens is 3. The smallest absolute Gasteiger partial charge is 0.381 e. The van der Waals surface area contributed by atoms with Crippen LogP contribution in [0.15, 0.2) is 12.1 Å². The molecule has 1 saturated heterocycles. The molecule has 4 nitrogen and oxygen atoms in total. The molecule has 2 rings (SSSR count). The van der Waals surface area contributed by atoms with Gasteiger partial charge in [-0.25, -0.2) is 4.98 Å². The lowest BCUT2D eigenvalue weighted by molar-refractivity contribution is -0.137. The Morgan fingerprint density at radius 2 is 2.19 bits per heavy atom. The maximum atomic E-state index is 12.9. The minimum atomic E-state index is -4.38. The summed E-state index contributed by atoms with van der Waals surface area (Å²) in [5, 5.41) is 2.68. The van der Waals surface area contributed by atoms with Crippen molar-refractivity contribution in [2.45, 2.75) is 19.0 Å². The number of rotatable bonds is 4. The normalized spacial score (nSPS) is 19.4. The van der Waals surface area contributed by atoms with Crippen molar-refractivity contribution in [1.82, 2.24) is 4.98 Å². The standard InChI is InChI=1S/C14H20F3N3O/c1-18-12-6-11(14(15,16)17)7-13(19-12)20(2)8-10-4-3-5-21-9-10/h6-7,10H,3-5,8-9H2,1-2H3,(H,18,19). The summed E-state index contributed by atoms with van der Waals surface area (Å²) < 4.78 is 44.1. The van der Waals surface area contributed by atoms with Crippen LogP contribution in [-0.4, -0.2) is 38.8 Å². The van der Waals surface area contributed by atoms with Gasteiger partial charge < -0.3 is 15.0 Å². The van der Waals surface area contributed by atoms with E-state index in [0.29, 0.717) is 24.9 Å². The number of alkyl halides is 3. The highest BCUT2D eigenvalue weighted by molar-refractivity contribution is 5.50. The summed E-state index contributed by atoms with van der Waals surface area (Å²) in [7, 11) is 3.32. The van der Waals surface area contributed by atoms with Gasteiger partial charge in [0.15, 0.2) is 0 Å². The van der Waals surface area contributed by atoms with E-state index in [1.165, 1.54) is 0 Å². The molecule has 7 heteroatoms. The zero-order valence-corrected chi connectivity index (χ0v) is 12.2. The predicted octanol–water partition coefficient (Wildman–Crippen LogP) is 3.00. The van der Waals surface area contributed by atoms with Crippen molar-refractivity contribution in [2.24, 2.45) is 5.92 Å². The van der Waals surface area contributed by atoms with Crippen LogP contribution in [0.2, 0.25) is 0 Å². The van der Waals surface area contributed by atoms with E-state index in [0.717, 1.165) is 31.6 Å². The largest absolute Gasteiger partial charge is 0.416 e. The fourth-order valence-electron chi connectivity index (χ4n) is 2.44. The summed E-state index contributed by atoms with van der Waals surface area (Å²) in [5.74, 6) is 0.865. The third-order valence-corrected chi connectivity index (χ3v) is 3.57. The van der Waals surface area contributed by atoms with E-state index in [2.05, 4.69) is 10.3 Å². The summed E-state index contributed by atoms with van der Waals surface area (Å²) >= 11 is 0. The van der Waals surface area contributed by atoms with Crippen LogP contribution >= 0.6 is 0 Å². The Hall–Kier alpha value is -1.50. The second-order valence-electron chi connectivity index (χ2n) is 5.31. The van der Waals surface area contributed by atoms with Crippen LogP contribution in [0, 0.1) is 5.92 Å². The van der Waals surface area contributed by atoms with E-state index in [1.54, 1.807) is 19.0 Å². The second kappa shape index (κ2) is 6.51. The highest BCUT2D eigenvalue weighted by Gasteiger charge is 2.32. The van der Waals surface area contributed by atoms with Gasteiger partial charge in [0.1, 0.15) is 11.6 Å². The molecule has 21 heavy (non-hydrogen) atoms. The van der Waals surface area contributed by atoms with E-state index < -0.39 is 11.7 Å². The molecule has 0 radical (unpaired) electrons. The Labute approximate surface area is 122 Å². The van der Waals surface area contributed by atoms with Crippen LogP contribution in [-0.2, 0) is 10.9 Å². The summed E-state index contributed by atoms with van der Waals surface area (Å²) in [5.41, 5.74) is -0.691. The molecule has 1 unspecified atom stereocenters. The second-order valence-corrected chi connectivity index (χ2v) is 5.31. The Morgan fingerprint density at radius 1 is 1.43 bits per heavy atom. The van der Waals surface area contributed by atoms with Crippen LogP contribution in [0.1, 0.15) is 18.4 Å². The molecule has 1 aromatic heterocycles. The van der Waals surface area contributed by atoms with Gasteiger partial charge in [-0.15, -0.1) is 0 Å². The van der Waals surface area contributed by atoms with Gasteiger partial charge in [0.05, 0.1) is 12.2 Å². The van der Waals surface area contributed by atoms with Gasteiger partial charge in [0, 0.05) is 27.2 Å². The number of hydrogen-bond donors (Lipinski definition) is 1. The van der Waals surface area contributed by atoms with Crippen molar-refractivity contribution in [1.29, 1.82) is 0 Å². The molecule has 1 aromatic rings. The quantitative estimate of drug-likeness (QED) is 0.928. The molecular weight excluding hydrogens is 283 g/mol. The lowest BCUT2D eigenvalue weighted by atomic mass is 10.0. The number of anilines is 2. The molecule has 1 N–H and O–H groups in total. The first kappa shape index (κ1) is 15.9. The minimum absolute atomic E-state index is 0.214. The van der Waals surface area contributed by atoms with Crippen molar-refractivity contribution in [2.75, 3.05) is 44.1 Å². The highest BCUT2D eigenvalue weighted by atomic mass is 19.4. The first-order chi connectivity index (χ1) is 9.90. The van der Waals surface area contributed by atoms with Crippen molar-refractivity contribution >= 4 is 11.6 Å². The first-order valence-corrected chi connectivity index (χ1v) is 6.96. The Bertz CT molecular complexity index is 473. The van der Waals surface area contributed by atoms with Gasteiger partial charge in [-0.1, -0.05) is 0 Å². The number of nitrogens with zero attached hydrogens (tertiary/aromatic N) is 2. The van der Waals surface area contributed by atoms with Crippen LogP contribution in [0.25, 0.3) is 0 Å². The monoisotopic (exact) mass is 303 g/mol. The molecule has 1 aliphatic rings. The molecule has 0 amide bonds. The maximum absolute atomic E-state index is 12.9. The zero-order valence-electron chi connectivity index (χ0n) is 12.2. The summed E-state index contributed by atoms with van der Waals surface area (Å²) in [4.78, 5) is 5.96. The molecule has 118 valence electrons. The minimum Gasteiger partial charge on any atom is -0.381 e. The number of aromatic nitrogens is 1. The number of pyridine rings is 1. The third-order valence-electron chi connectivity index (χ3n) is 3.57. The van der Waals surface area contributed by atoms with E-state index in [-0.39, 0.29) is 5.82 Å². The van der Waals surface area contributed by atoms with Gasteiger partial charge in [0.2, 0.25) is 0 Å². The van der Waals surface area contributed by atoms with Gasteiger partial charge in [-0.2, -0.15) is 13.2 Å². The lowest BCUT2D eigenvalue weighted by Gasteiger charge is -2.28. The van der Waals surface area contributed by atoms with Crippen LogP contribution in [0.4, 0.5) is 24.8 Å². The zero-order chi connectivity index (χ0) is 15.5. The highest BCUT2D eigenvalue weighted by Crippen LogP contribution is 2.33. The summed E-state index contributed by atoms with van der Waals surface area (Å²) in [6.07, 6.45) is -2.35. The average Bonchev–Trinajstić information content (AvgIpc) is 2.46. The molecule has 1 aliphatic heterocycles. The Kier molecular flexibility index (Phi) is 4.92. The van der Waals surface area contributed by atoms with Crippen molar-refractivity contribution in [3.05, 3.63) is 17.7 Å². The molecule has 0 spiro atoms. The average molecular weight is 303 g/mol. The molecule has 0 aromatic carbocycles. The topological polar surface area (TPSA) is 37.4 Å². The van der Waals surface area contributed by atoms with Crippen LogP contribution < -0.4 is 10.2 Å². The fourth-order valence-corrected chi connectivity index (χ4v) is 2.44. The molecule has 2 heterocycles. The van der Waals surface area contributed by atoms with E-state index in [1.807, 2.05) is 0 Å². The SMILES string of the molecule is CNc1cc(C(F)(F)F)cc(N(C)CC2CCCOC2)n1. The first-order valence-electron chi connectivity index (χ1n) is 6.96. The molecule has 1 fully saturated rings. The third kappa shape index (κ3) is 4.23. The predicted molar refractivity (Wildman–Crippen MR) is 75.6 cm³/mol. The van der Waals surface area contributed by atoms with Gasteiger partial charge in [-0.3, -0.25) is 0 Å². The van der Waals surface area contributed by atoms with E-state index in [4.69, 9.17) is 4.74 Å². The van der Waals surface area contributed by atoms with Crippen LogP contribution in [0.5, 0.6) is 0 Å². The van der Waals surface area contributed by atoms with Crippen molar-refractivity contribution in [3.63, 3.8) is 0 Å². The maximum Gasteiger partial charge on any atom is 0.416 e. The Balaban J connectivity index is 2.17. The molecular formula is C14H20F3N3O. The number of nitrogens with one attached hydrogen (secondary N) is 1. The van der Waals surface area contributed by atoms with E-state index in [9.17, 15) is 13.2 Å². The molecule has 0 aliphatic carbocycles. The Morgan fingerprint density at radius 3 is 2.76 bits per heavy atom. The van der Waals surface area contributed by atoms with Gasteiger partial charge in [-0.05, 0) is 30.9 Å². The van der Waals surface area contributed by atoms with E-state index >= 15 is 0 Å². The number of ether oxygens (including phenoxy) is 1. The summed E-state index contributed by atoms with van der Waals surface area (Å²) in [6.45, 7) is 2.06. The fraction of sp³-hybridized carbons (Fsp3) is 0.643. The lowest BCUT2D eigenvalue weighted by Crippen LogP contribution is -2.31. The number of hydrogen-bond acceptors (Lipinski definition) is 4. The van der Waals surface area contributed by atoms with Crippen molar-refractivity contribution < 1.29 is 17.9 Å². The van der Waals surface area contributed by atoms with Crippen molar-refractivity contribution in [3.8, 4) is 0 Å². The molecule has 0 saturated carbocycles. The summed E-state index contributed by atoms with van der Waals surface area (Å²) in [6, 6.07) is 2.10. The van der Waals surface area contributed by atoms with Crippen LogP contribution in [0.3, 0.4) is 0 Å². The molecule has 1 atom stereocenters. The van der Waals surface area contributed by atoms with Gasteiger partial charge >= 0.3 is 6.18 Å². The van der Waals surface area contributed by atoms with Gasteiger partial charge in [0.25, 0.3) is 0 Å². The molecule has 0 bridgehead atoms.